The topological polar surface area (TPSA) is 17.1 Å². The Hall–Kier alpha value is 2.89. The molecule has 1 nitrogen and oxygen atoms in total. The Labute approximate surface area is 98.4 Å². The molecule has 0 aliphatic heterocycles. The third-order valence-electron chi connectivity index (χ3n) is 0. The summed E-state index contributed by atoms with van der Waals surface area (Å²) in [4.78, 5) is 0. The van der Waals surface area contributed by atoms with Crippen molar-refractivity contribution < 1.29 is 37.7 Å². The van der Waals surface area contributed by atoms with Crippen LogP contribution in [0.5, 0.6) is 0 Å². The second-order valence-electron chi connectivity index (χ2n) is 0. The molecule has 0 saturated carbocycles. The van der Waals surface area contributed by atoms with Crippen molar-refractivity contribution in [2.45, 2.75) is 0 Å². The predicted octanol–water partition coefficient (Wildman–Crippen LogP) is -2.60. The van der Waals surface area contributed by atoms with E-state index in [1.807, 2.05) is 0 Å². The van der Waals surface area contributed by atoms with E-state index in [0.29, 0.717) is 16.2 Å². The summed E-state index contributed by atoms with van der Waals surface area (Å²) in [5.74, 6) is 0. The molecule has 6 heavy (non-hydrogen) atoms. The van der Waals surface area contributed by atoms with Crippen LogP contribution < -0.4 is 0 Å². The van der Waals surface area contributed by atoms with Gasteiger partial charge < -0.3 is 0 Å². The average molecular weight is 211 g/mol. The summed E-state index contributed by atoms with van der Waals surface area (Å²) < 4.78 is 8.28. The van der Waals surface area contributed by atoms with E-state index in [9.17, 15) is 0 Å². The van der Waals surface area contributed by atoms with E-state index in [1.54, 1.807) is 0 Å². The quantitative estimate of drug-likeness (QED) is 0.401. The molecule has 0 atom stereocenters. The summed E-state index contributed by atoms with van der Waals surface area (Å²) in [6.07, 6.45) is 0. The molecule has 0 N–H and O–H groups in total. The fourth-order valence-corrected chi connectivity index (χ4v) is 0. The van der Waals surface area contributed by atoms with Crippen LogP contribution in [-0.2, 0) is 37.7 Å². The SMILES string of the molecule is [Co].[MgH2].[MgH2].[Mn].[O]=[AlH]. The Morgan fingerprint density at radius 3 is 1.00 bits per heavy atom. The van der Waals surface area contributed by atoms with Crippen molar-refractivity contribution in [3.63, 3.8) is 0 Å². The standard InChI is InChI=1S/Al.Co.2Mg.Mn.O.5H. The van der Waals surface area contributed by atoms with E-state index < -0.39 is 0 Å². The first-order valence-electron chi connectivity index (χ1n) is 0.289. The van der Waals surface area contributed by atoms with Gasteiger partial charge in [-0.3, -0.25) is 0 Å². The first-order chi connectivity index (χ1) is 1.00. The van der Waals surface area contributed by atoms with E-state index in [0.717, 1.165) is 0 Å². The number of rotatable bonds is 0. The molecule has 0 unspecified atom stereocenters. The summed E-state index contributed by atoms with van der Waals surface area (Å²) >= 11 is 0.611. The maximum atomic E-state index is 8.28. The Morgan fingerprint density at radius 2 is 1.00 bits per heavy atom. The van der Waals surface area contributed by atoms with E-state index in [4.69, 9.17) is 3.80 Å². The van der Waals surface area contributed by atoms with E-state index in [1.165, 1.54) is 0 Å². The van der Waals surface area contributed by atoms with Gasteiger partial charge in [0.1, 0.15) is 0 Å². The Bertz CT molecular complexity index is 13.5. The third-order valence-corrected chi connectivity index (χ3v) is 0. The molecule has 0 aromatic carbocycles. The zero-order chi connectivity index (χ0) is 2.00. The summed E-state index contributed by atoms with van der Waals surface area (Å²) in [5.41, 5.74) is 0. The van der Waals surface area contributed by atoms with Crippen LogP contribution >= 0.6 is 0 Å². The molecule has 0 bridgehead atoms. The second-order valence-corrected chi connectivity index (χ2v) is 0. The van der Waals surface area contributed by atoms with Gasteiger partial charge in [-0.1, -0.05) is 0 Å². The predicted molar refractivity (Wildman–Crippen MR) is 24.9 cm³/mol. The van der Waals surface area contributed by atoms with Crippen LogP contribution in [0.3, 0.4) is 0 Å². The van der Waals surface area contributed by atoms with Crippen molar-refractivity contribution >= 4 is 62.3 Å². The van der Waals surface area contributed by atoms with Gasteiger partial charge in [0.2, 0.25) is 0 Å². The monoisotopic (exact) mass is 210 g/mol. The summed E-state index contributed by atoms with van der Waals surface area (Å²) in [6, 6.07) is 0. The van der Waals surface area contributed by atoms with Gasteiger partial charge >= 0.3 is 66.1 Å². The zero-order valence-electron chi connectivity index (χ0n) is 1.83. The van der Waals surface area contributed by atoms with Crippen molar-refractivity contribution in [2.75, 3.05) is 0 Å². The number of hydrogen-bond donors (Lipinski definition) is 0. The first kappa shape index (κ1) is 36.6. The van der Waals surface area contributed by atoms with Crippen LogP contribution in [0.1, 0.15) is 0 Å². The second kappa shape index (κ2) is 44.8. The van der Waals surface area contributed by atoms with Crippen LogP contribution in [0.4, 0.5) is 0 Å². The molecule has 0 aromatic heterocycles. The van der Waals surface area contributed by atoms with E-state index in [2.05, 4.69) is 0 Å². The summed E-state index contributed by atoms with van der Waals surface area (Å²) in [5, 5.41) is 0. The minimum atomic E-state index is 0. The molecule has 0 saturated heterocycles. The Kier molecular flexibility index (Phi) is 273. The molecular weight excluding hydrogens is 205 g/mol. The molecule has 0 heterocycles. The molecular formula is H5AlCoMg2MnO. The van der Waals surface area contributed by atoms with Gasteiger partial charge in [0.25, 0.3) is 0 Å². The summed E-state index contributed by atoms with van der Waals surface area (Å²) in [7, 11) is 0. The van der Waals surface area contributed by atoms with Gasteiger partial charge in [-0.05, 0) is 0 Å². The zero-order valence-corrected chi connectivity index (χ0v) is 5.46. The van der Waals surface area contributed by atoms with Crippen molar-refractivity contribution in [3.8, 4) is 0 Å². The van der Waals surface area contributed by atoms with Gasteiger partial charge in [-0.25, -0.2) is 0 Å². The fourth-order valence-electron chi connectivity index (χ4n) is 0. The van der Waals surface area contributed by atoms with Gasteiger partial charge in [0.15, 0.2) is 0 Å². The maximum absolute atomic E-state index is 8.28. The Balaban J connectivity index is -0.000000000833. The molecule has 0 spiro atoms. The molecule has 0 aromatic rings. The van der Waals surface area contributed by atoms with Crippen LogP contribution in [0.15, 0.2) is 0 Å². The molecule has 2 radical (unpaired) electrons. The molecule has 0 aliphatic rings. The van der Waals surface area contributed by atoms with Gasteiger partial charge in [0, 0.05) is 33.8 Å². The van der Waals surface area contributed by atoms with Crippen molar-refractivity contribution in [3.05, 3.63) is 0 Å². The third kappa shape index (κ3) is 28.6. The molecule has 34 valence electrons. The van der Waals surface area contributed by atoms with E-state index >= 15 is 0 Å². The van der Waals surface area contributed by atoms with Crippen molar-refractivity contribution in [1.82, 2.24) is 0 Å². The molecule has 0 fully saturated rings. The van der Waals surface area contributed by atoms with Crippen LogP contribution in [-0.4, -0.2) is 62.3 Å². The molecule has 0 amide bonds. The Morgan fingerprint density at radius 1 is 1.00 bits per heavy atom. The van der Waals surface area contributed by atoms with Gasteiger partial charge in [0.05, 0.1) is 0 Å². The average Bonchev–Trinajstić information content (AvgIpc) is 1.00. The van der Waals surface area contributed by atoms with Gasteiger partial charge in [-0.15, -0.1) is 0 Å². The van der Waals surface area contributed by atoms with Crippen molar-refractivity contribution in [1.29, 1.82) is 0 Å². The number of hydrogen-bond acceptors (Lipinski definition) is 1. The van der Waals surface area contributed by atoms with Crippen LogP contribution in [0.25, 0.3) is 0 Å². The molecule has 0 aliphatic carbocycles. The van der Waals surface area contributed by atoms with Crippen LogP contribution in [0.2, 0.25) is 0 Å². The van der Waals surface area contributed by atoms with Crippen LogP contribution in [0, 0.1) is 0 Å². The van der Waals surface area contributed by atoms with Crippen molar-refractivity contribution in [2.24, 2.45) is 0 Å². The fraction of sp³-hybridized carbons (Fsp3) is 0. The van der Waals surface area contributed by atoms with E-state index in [-0.39, 0.29) is 80.0 Å². The minimum absolute atomic E-state index is 0. The van der Waals surface area contributed by atoms with Gasteiger partial charge in [-0.2, -0.15) is 0 Å². The summed E-state index contributed by atoms with van der Waals surface area (Å²) in [6.45, 7) is 0. The molecule has 0 rings (SSSR count). The normalized spacial score (nSPS) is 0.500. The first-order valence-corrected chi connectivity index (χ1v) is 0.866. The molecule has 6 heteroatoms.